The monoisotopic (exact) mass is 288 g/mol. The Bertz CT molecular complexity index is 317. The Hall–Kier alpha value is -0.190. The van der Waals surface area contributed by atoms with Crippen molar-refractivity contribution in [2.45, 2.75) is 6.54 Å². The van der Waals surface area contributed by atoms with Gasteiger partial charge in [0.1, 0.15) is 0 Å². The molecular weight excluding hydrogens is 272 g/mol. The molecule has 0 unspecified atom stereocenters. The average Bonchev–Trinajstić information content (AvgIpc) is 2.25. The molecular formula is C11H17BrN2S. The third kappa shape index (κ3) is 3.70. The normalized spacial score (nSPS) is 10.4. The van der Waals surface area contributed by atoms with E-state index in [4.69, 9.17) is 5.73 Å². The van der Waals surface area contributed by atoms with Gasteiger partial charge < -0.3 is 10.6 Å². The maximum Gasteiger partial charge on any atom is 0.0420 e. The third-order valence-electron chi connectivity index (χ3n) is 2.31. The first-order valence-corrected chi connectivity index (χ1v) is 7.06. The van der Waals surface area contributed by atoms with E-state index in [1.54, 1.807) is 0 Å². The lowest BCUT2D eigenvalue weighted by Crippen LogP contribution is -2.22. The van der Waals surface area contributed by atoms with Crippen LogP contribution in [0.2, 0.25) is 0 Å². The zero-order chi connectivity index (χ0) is 11.3. The van der Waals surface area contributed by atoms with Crippen molar-refractivity contribution in [3.8, 4) is 0 Å². The van der Waals surface area contributed by atoms with Gasteiger partial charge >= 0.3 is 0 Å². The molecule has 0 saturated heterocycles. The molecule has 2 N–H and O–H groups in total. The minimum Gasteiger partial charge on any atom is -0.373 e. The van der Waals surface area contributed by atoms with Crippen molar-refractivity contribution < 1.29 is 0 Å². The molecule has 0 bridgehead atoms. The third-order valence-corrected chi connectivity index (χ3v) is 3.39. The molecule has 1 aromatic carbocycles. The lowest BCUT2D eigenvalue weighted by Gasteiger charge is -2.22. The van der Waals surface area contributed by atoms with Crippen LogP contribution in [0.5, 0.6) is 0 Å². The van der Waals surface area contributed by atoms with Crippen LogP contribution in [0.4, 0.5) is 5.69 Å². The van der Waals surface area contributed by atoms with Crippen LogP contribution in [0.3, 0.4) is 0 Å². The predicted molar refractivity (Wildman–Crippen MR) is 73.7 cm³/mol. The first kappa shape index (κ1) is 12.9. The van der Waals surface area contributed by atoms with E-state index >= 15 is 0 Å². The molecule has 0 atom stereocenters. The number of anilines is 1. The molecule has 1 aromatic rings. The second-order valence-corrected chi connectivity index (χ2v) is 5.29. The standard InChI is InChI=1S/C11H17BrN2S/c1-14(5-6-15-2)11-7-10(12)4-3-9(11)8-13/h3-4,7H,5-6,8,13H2,1-2H3. The molecule has 0 amide bonds. The van der Waals surface area contributed by atoms with Gasteiger partial charge in [0.2, 0.25) is 0 Å². The molecule has 0 heterocycles. The molecule has 1 rings (SSSR count). The minimum absolute atomic E-state index is 0.590. The maximum absolute atomic E-state index is 5.72. The van der Waals surface area contributed by atoms with Crippen molar-refractivity contribution in [1.29, 1.82) is 0 Å². The van der Waals surface area contributed by atoms with Crippen molar-refractivity contribution >= 4 is 33.4 Å². The number of hydrogen-bond donors (Lipinski definition) is 1. The number of halogens is 1. The first-order valence-electron chi connectivity index (χ1n) is 4.87. The van der Waals surface area contributed by atoms with E-state index in [0.29, 0.717) is 6.54 Å². The van der Waals surface area contributed by atoms with Crippen molar-refractivity contribution in [3.05, 3.63) is 28.2 Å². The summed E-state index contributed by atoms with van der Waals surface area (Å²) in [5.41, 5.74) is 8.14. The summed E-state index contributed by atoms with van der Waals surface area (Å²) in [5.74, 6) is 1.13. The fourth-order valence-corrected chi connectivity index (χ4v) is 2.22. The van der Waals surface area contributed by atoms with E-state index in [0.717, 1.165) is 16.8 Å². The molecule has 4 heteroatoms. The molecule has 0 fully saturated rings. The van der Waals surface area contributed by atoms with Crippen molar-refractivity contribution in [2.24, 2.45) is 5.73 Å². The molecule has 0 radical (unpaired) electrons. The van der Waals surface area contributed by atoms with E-state index in [1.165, 1.54) is 11.3 Å². The van der Waals surface area contributed by atoms with Gasteiger partial charge in [0, 0.05) is 36.1 Å². The smallest absolute Gasteiger partial charge is 0.0420 e. The van der Waals surface area contributed by atoms with Gasteiger partial charge in [-0.2, -0.15) is 11.8 Å². The van der Waals surface area contributed by atoms with Gasteiger partial charge in [-0.05, 0) is 24.0 Å². The highest BCUT2D eigenvalue weighted by Gasteiger charge is 2.06. The van der Waals surface area contributed by atoms with Gasteiger partial charge in [-0.3, -0.25) is 0 Å². The number of hydrogen-bond acceptors (Lipinski definition) is 3. The largest absolute Gasteiger partial charge is 0.373 e. The van der Waals surface area contributed by atoms with Crippen LogP contribution in [0.15, 0.2) is 22.7 Å². The molecule has 0 aliphatic rings. The molecule has 15 heavy (non-hydrogen) atoms. The fraction of sp³-hybridized carbons (Fsp3) is 0.455. The maximum atomic E-state index is 5.72. The van der Waals surface area contributed by atoms with Crippen LogP contribution in [-0.4, -0.2) is 25.6 Å². The van der Waals surface area contributed by atoms with E-state index in [9.17, 15) is 0 Å². The summed E-state index contributed by atoms with van der Waals surface area (Å²) >= 11 is 5.35. The highest BCUT2D eigenvalue weighted by molar-refractivity contribution is 9.10. The van der Waals surface area contributed by atoms with E-state index in [2.05, 4.69) is 46.3 Å². The van der Waals surface area contributed by atoms with Gasteiger partial charge in [-0.15, -0.1) is 0 Å². The second-order valence-electron chi connectivity index (χ2n) is 3.39. The Balaban J connectivity index is 2.85. The lowest BCUT2D eigenvalue weighted by molar-refractivity contribution is 0.947. The van der Waals surface area contributed by atoms with Gasteiger partial charge in [0.25, 0.3) is 0 Å². The van der Waals surface area contributed by atoms with Crippen LogP contribution in [-0.2, 0) is 6.54 Å². The molecule has 0 aliphatic heterocycles. The second kappa shape index (κ2) is 6.40. The van der Waals surface area contributed by atoms with Crippen LogP contribution < -0.4 is 10.6 Å². The van der Waals surface area contributed by atoms with Crippen LogP contribution in [0, 0.1) is 0 Å². The zero-order valence-corrected chi connectivity index (χ0v) is 11.6. The molecule has 0 aliphatic carbocycles. The van der Waals surface area contributed by atoms with Gasteiger partial charge in [0.15, 0.2) is 0 Å². The van der Waals surface area contributed by atoms with Gasteiger partial charge in [-0.1, -0.05) is 22.0 Å². The fourth-order valence-electron chi connectivity index (χ4n) is 1.41. The summed E-state index contributed by atoms with van der Waals surface area (Å²) in [5, 5.41) is 0. The van der Waals surface area contributed by atoms with E-state index in [-0.39, 0.29) is 0 Å². The number of rotatable bonds is 5. The number of nitrogens with two attached hydrogens (primary N) is 1. The summed E-state index contributed by atoms with van der Waals surface area (Å²) in [4.78, 5) is 2.25. The Morgan fingerprint density at radius 2 is 2.20 bits per heavy atom. The quantitative estimate of drug-likeness (QED) is 0.903. The number of thioether (sulfide) groups is 1. The number of benzene rings is 1. The Morgan fingerprint density at radius 3 is 2.80 bits per heavy atom. The molecule has 0 spiro atoms. The van der Waals surface area contributed by atoms with Crippen LogP contribution in [0.25, 0.3) is 0 Å². The zero-order valence-electron chi connectivity index (χ0n) is 9.16. The SMILES string of the molecule is CSCCN(C)c1cc(Br)ccc1CN. The highest BCUT2D eigenvalue weighted by Crippen LogP contribution is 2.24. The first-order chi connectivity index (χ1) is 7.19. The molecule has 84 valence electrons. The summed E-state index contributed by atoms with van der Waals surface area (Å²) in [6, 6.07) is 6.24. The topological polar surface area (TPSA) is 29.3 Å². The van der Waals surface area contributed by atoms with Gasteiger partial charge in [-0.25, -0.2) is 0 Å². The summed E-state index contributed by atoms with van der Waals surface area (Å²) in [6.45, 7) is 1.64. The molecule has 2 nitrogen and oxygen atoms in total. The Labute approximate surface area is 104 Å². The van der Waals surface area contributed by atoms with Crippen LogP contribution >= 0.6 is 27.7 Å². The summed E-state index contributed by atoms with van der Waals surface area (Å²) in [7, 11) is 2.11. The lowest BCUT2D eigenvalue weighted by atomic mass is 10.1. The van der Waals surface area contributed by atoms with Crippen molar-refractivity contribution in [2.75, 3.05) is 30.5 Å². The number of nitrogens with zero attached hydrogens (tertiary/aromatic N) is 1. The Kier molecular flexibility index (Phi) is 5.50. The summed E-state index contributed by atoms with van der Waals surface area (Å²) in [6.07, 6.45) is 2.12. The van der Waals surface area contributed by atoms with Crippen molar-refractivity contribution in [1.82, 2.24) is 0 Å². The predicted octanol–water partition coefficient (Wildman–Crippen LogP) is 2.71. The van der Waals surface area contributed by atoms with Gasteiger partial charge in [0.05, 0.1) is 0 Å². The van der Waals surface area contributed by atoms with Crippen LogP contribution in [0.1, 0.15) is 5.56 Å². The average molecular weight is 289 g/mol. The van der Waals surface area contributed by atoms with E-state index < -0.39 is 0 Å². The molecule has 0 saturated carbocycles. The molecule has 0 aromatic heterocycles. The summed E-state index contributed by atoms with van der Waals surface area (Å²) < 4.78 is 1.10. The minimum atomic E-state index is 0.590. The highest BCUT2D eigenvalue weighted by atomic mass is 79.9. The van der Waals surface area contributed by atoms with E-state index in [1.807, 2.05) is 17.8 Å². The van der Waals surface area contributed by atoms with Crippen molar-refractivity contribution in [3.63, 3.8) is 0 Å². The Morgan fingerprint density at radius 1 is 1.47 bits per heavy atom.